The van der Waals surface area contributed by atoms with E-state index >= 15 is 0 Å². The van der Waals surface area contributed by atoms with Crippen LogP contribution in [0.3, 0.4) is 0 Å². The van der Waals surface area contributed by atoms with E-state index in [1.165, 1.54) is 16.8 Å². The maximum Gasteiger partial charge on any atom is 0.345 e. The van der Waals surface area contributed by atoms with Crippen LogP contribution in [-0.4, -0.2) is 32.3 Å². The Bertz CT molecular complexity index is 832. The summed E-state index contributed by atoms with van der Waals surface area (Å²) < 4.78 is 30.2. The predicted octanol–water partition coefficient (Wildman–Crippen LogP) is 2.57. The largest absolute Gasteiger partial charge is 0.345 e. The molecule has 0 amide bonds. The fraction of sp³-hybridized carbons (Fsp3) is 0.556. The fourth-order valence-corrected chi connectivity index (χ4v) is 3.69. The second-order valence-corrected chi connectivity index (χ2v) is 7.15. The maximum atomic E-state index is 13.8. The van der Waals surface area contributed by atoms with E-state index in [4.69, 9.17) is 0 Å². The van der Waals surface area contributed by atoms with Gasteiger partial charge in [0.15, 0.2) is 0 Å². The molecule has 2 fully saturated rings. The maximum absolute atomic E-state index is 13.8. The van der Waals surface area contributed by atoms with Crippen molar-refractivity contribution in [2.45, 2.75) is 44.2 Å². The molecule has 2 heterocycles. The Morgan fingerprint density at radius 1 is 1.16 bits per heavy atom. The molecule has 7 heteroatoms. The van der Waals surface area contributed by atoms with Crippen LogP contribution < -0.4 is 5.69 Å². The molecular weight excluding hydrogens is 326 g/mol. The van der Waals surface area contributed by atoms with Gasteiger partial charge in [0.05, 0.1) is 0 Å². The van der Waals surface area contributed by atoms with Crippen LogP contribution in [0.4, 0.5) is 8.78 Å². The van der Waals surface area contributed by atoms with Gasteiger partial charge in [0.1, 0.15) is 17.5 Å². The number of aryl methyl sites for hydroxylation is 1. The van der Waals surface area contributed by atoms with E-state index < -0.39 is 11.6 Å². The van der Waals surface area contributed by atoms with Crippen molar-refractivity contribution in [3.63, 3.8) is 0 Å². The molecule has 1 aromatic carbocycles. The zero-order valence-corrected chi connectivity index (χ0v) is 14.3. The first-order valence-electron chi connectivity index (χ1n) is 8.84. The number of hydrogen-bond donors (Lipinski definition) is 0. The quantitative estimate of drug-likeness (QED) is 0.853. The molecule has 0 unspecified atom stereocenters. The number of likely N-dealkylation sites (tertiary alicyclic amines) is 1. The molecule has 0 atom stereocenters. The Morgan fingerprint density at radius 3 is 2.52 bits per heavy atom. The Kier molecular flexibility index (Phi) is 4.19. The highest BCUT2D eigenvalue weighted by molar-refractivity contribution is 5.18. The number of nitrogens with zero attached hydrogens (tertiary/aromatic N) is 4. The summed E-state index contributed by atoms with van der Waals surface area (Å²) in [5, 5.41) is 4.42. The van der Waals surface area contributed by atoms with Gasteiger partial charge in [-0.2, -0.15) is 5.10 Å². The van der Waals surface area contributed by atoms with Gasteiger partial charge in [0, 0.05) is 50.3 Å². The van der Waals surface area contributed by atoms with Crippen molar-refractivity contribution in [1.82, 2.24) is 19.2 Å². The standard InChI is InChI=1S/C18H22F2N4O/c1-22-18(25)24(17(21-22)12-2-3-12)15-6-8-23(9-7-15)11-13-4-5-14(19)10-16(13)20/h4-5,10,12,15H,2-3,6-9,11H2,1H3. The third-order valence-electron chi connectivity index (χ3n) is 5.26. The van der Waals surface area contributed by atoms with Crippen molar-refractivity contribution in [2.75, 3.05) is 13.1 Å². The van der Waals surface area contributed by atoms with Crippen molar-refractivity contribution in [3.05, 3.63) is 51.7 Å². The topological polar surface area (TPSA) is 43.1 Å². The summed E-state index contributed by atoms with van der Waals surface area (Å²) in [6, 6.07) is 3.89. The molecule has 134 valence electrons. The van der Waals surface area contributed by atoms with Gasteiger partial charge in [-0.05, 0) is 31.7 Å². The van der Waals surface area contributed by atoms with Crippen molar-refractivity contribution >= 4 is 0 Å². The van der Waals surface area contributed by atoms with E-state index in [2.05, 4.69) is 10.00 Å². The Hall–Kier alpha value is -2.02. The normalized spacial score (nSPS) is 19.5. The first-order valence-corrected chi connectivity index (χ1v) is 8.84. The third kappa shape index (κ3) is 3.25. The van der Waals surface area contributed by atoms with E-state index in [9.17, 15) is 13.6 Å². The monoisotopic (exact) mass is 348 g/mol. The second-order valence-electron chi connectivity index (χ2n) is 7.15. The summed E-state index contributed by atoms with van der Waals surface area (Å²) in [6.07, 6.45) is 3.90. The lowest BCUT2D eigenvalue weighted by Gasteiger charge is -2.32. The van der Waals surface area contributed by atoms with Gasteiger partial charge >= 0.3 is 5.69 Å². The van der Waals surface area contributed by atoms with Gasteiger partial charge in [-0.15, -0.1) is 0 Å². The lowest BCUT2D eigenvalue weighted by atomic mass is 10.0. The molecular formula is C18H22F2N4O. The molecule has 0 spiro atoms. The number of aromatic nitrogens is 3. The Morgan fingerprint density at radius 2 is 1.88 bits per heavy atom. The van der Waals surface area contributed by atoms with Crippen LogP contribution in [0.25, 0.3) is 0 Å². The van der Waals surface area contributed by atoms with Crippen LogP contribution >= 0.6 is 0 Å². The molecule has 4 rings (SSSR count). The summed E-state index contributed by atoms with van der Waals surface area (Å²) in [4.78, 5) is 14.6. The Balaban J connectivity index is 1.44. The first-order chi connectivity index (χ1) is 12.0. The van der Waals surface area contributed by atoms with E-state index in [0.29, 0.717) is 18.0 Å². The van der Waals surface area contributed by atoms with E-state index in [0.717, 1.165) is 50.7 Å². The highest BCUT2D eigenvalue weighted by atomic mass is 19.1. The lowest BCUT2D eigenvalue weighted by molar-refractivity contribution is 0.174. The number of halogens is 2. The van der Waals surface area contributed by atoms with Crippen LogP contribution in [0.2, 0.25) is 0 Å². The predicted molar refractivity (Wildman–Crippen MR) is 89.3 cm³/mol. The summed E-state index contributed by atoms with van der Waals surface area (Å²) >= 11 is 0. The van der Waals surface area contributed by atoms with Crippen LogP contribution in [0.5, 0.6) is 0 Å². The number of hydrogen-bond acceptors (Lipinski definition) is 3. The van der Waals surface area contributed by atoms with E-state index in [-0.39, 0.29) is 11.7 Å². The zero-order valence-electron chi connectivity index (χ0n) is 14.3. The van der Waals surface area contributed by atoms with Gasteiger partial charge in [-0.25, -0.2) is 18.3 Å². The molecule has 2 aromatic rings. The van der Waals surface area contributed by atoms with E-state index in [1.807, 2.05) is 4.57 Å². The first kappa shape index (κ1) is 16.4. The molecule has 0 bridgehead atoms. The molecule has 0 radical (unpaired) electrons. The van der Waals surface area contributed by atoms with Crippen molar-refractivity contribution in [3.8, 4) is 0 Å². The van der Waals surface area contributed by atoms with Crippen molar-refractivity contribution in [1.29, 1.82) is 0 Å². The van der Waals surface area contributed by atoms with Crippen LogP contribution in [0.1, 0.15) is 49.0 Å². The van der Waals surface area contributed by atoms with Crippen LogP contribution in [0, 0.1) is 11.6 Å². The molecule has 1 aliphatic heterocycles. The highest BCUT2D eigenvalue weighted by Gasteiger charge is 2.34. The number of rotatable bonds is 4. The average molecular weight is 348 g/mol. The second kappa shape index (κ2) is 6.37. The van der Waals surface area contributed by atoms with Gasteiger partial charge in [-0.3, -0.25) is 9.47 Å². The SMILES string of the molecule is Cn1nc(C2CC2)n(C2CCN(Cc3ccc(F)cc3F)CC2)c1=O. The molecule has 1 aromatic heterocycles. The van der Waals surface area contributed by atoms with Gasteiger partial charge < -0.3 is 0 Å². The van der Waals surface area contributed by atoms with Crippen molar-refractivity contribution < 1.29 is 8.78 Å². The number of benzene rings is 1. The molecule has 5 nitrogen and oxygen atoms in total. The average Bonchev–Trinajstić information content (AvgIpc) is 3.38. The Labute approximate surface area is 144 Å². The summed E-state index contributed by atoms with van der Waals surface area (Å²) in [5.41, 5.74) is 0.474. The summed E-state index contributed by atoms with van der Waals surface area (Å²) in [5.74, 6) is 0.306. The minimum absolute atomic E-state index is 0.0371. The fourth-order valence-electron chi connectivity index (χ4n) is 3.69. The van der Waals surface area contributed by atoms with Crippen LogP contribution in [0.15, 0.2) is 23.0 Å². The highest BCUT2D eigenvalue weighted by Crippen LogP contribution is 2.40. The number of piperidine rings is 1. The summed E-state index contributed by atoms with van der Waals surface area (Å²) in [6.45, 7) is 2.04. The molecule has 1 saturated carbocycles. The minimum atomic E-state index is -0.552. The van der Waals surface area contributed by atoms with Crippen LogP contribution in [-0.2, 0) is 13.6 Å². The smallest absolute Gasteiger partial charge is 0.299 e. The molecule has 25 heavy (non-hydrogen) atoms. The molecule has 2 aliphatic rings. The molecule has 1 saturated heterocycles. The minimum Gasteiger partial charge on any atom is -0.299 e. The summed E-state index contributed by atoms with van der Waals surface area (Å²) in [7, 11) is 1.71. The van der Waals surface area contributed by atoms with E-state index in [1.54, 1.807) is 7.05 Å². The third-order valence-corrected chi connectivity index (χ3v) is 5.26. The molecule has 0 N–H and O–H groups in total. The molecule has 1 aliphatic carbocycles. The zero-order chi connectivity index (χ0) is 17.6. The van der Waals surface area contributed by atoms with Gasteiger partial charge in [-0.1, -0.05) is 6.07 Å². The van der Waals surface area contributed by atoms with Gasteiger partial charge in [0.25, 0.3) is 0 Å². The lowest BCUT2D eigenvalue weighted by Crippen LogP contribution is -2.38. The van der Waals surface area contributed by atoms with Gasteiger partial charge in [0.2, 0.25) is 0 Å². The van der Waals surface area contributed by atoms with Crippen molar-refractivity contribution in [2.24, 2.45) is 7.05 Å².